The Kier molecular flexibility index (Phi) is 4.52. The largest absolute Gasteiger partial charge is 0.411 e. The van der Waals surface area contributed by atoms with Gasteiger partial charge < -0.3 is 9.16 Å². The molecule has 3 nitrogen and oxygen atoms in total. The molecular formula is C19H28O3SSi. The summed E-state index contributed by atoms with van der Waals surface area (Å²) in [7, 11) is -1.88. The molecule has 1 heterocycles. The molecule has 132 valence electrons. The zero-order valence-corrected chi connectivity index (χ0v) is 17.3. The first-order valence-electron chi connectivity index (χ1n) is 8.65. The van der Waals surface area contributed by atoms with E-state index in [4.69, 9.17) is 9.16 Å². The number of fused-ring (bicyclic) bond motifs is 1. The van der Waals surface area contributed by atoms with E-state index < -0.39 is 13.1 Å². The lowest BCUT2D eigenvalue weighted by molar-refractivity contribution is -0.123. The average Bonchev–Trinajstić information content (AvgIpc) is 3.25. The van der Waals surface area contributed by atoms with E-state index >= 15 is 0 Å². The second-order valence-electron chi connectivity index (χ2n) is 8.65. The van der Waals surface area contributed by atoms with Crippen molar-refractivity contribution in [2.24, 2.45) is 0 Å². The second kappa shape index (κ2) is 5.97. The van der Waals surface area contributed by atoms with E-state index in [1.807, 2.05) is 25.1 Å². The molecule has 3 rings (SSSR count). The fraction of sp³-hybridized carbons (Fsp3) is 0.632. The number of hydrogen-bond donors (Lipinski definition) is 0. The summed E-state index contributed by atoms with van der Waals surface area (Å²) in [6.45, 7) is 13.3. The molecule has 2 aliphatic rings. The molecule has 0 unspecified atom stereocenters. The fourth-order valence-corrected chi connectivity index (χ4v) is 5.63. The van der Waals surface area contributed by atoms with Crippen LogP contribution in [0.3, 0.4) is 0 Å². The topological polar surface area (TPSA) is 38.8 Å². The standard InChI is InChI=1S/C19H28O3SSi/c1-18(2,3)24(5,6)22-14-12-19(4,17(20)16-15(14)21-16)23-13-10-8-7-9-11-13/h7-11,14-16H,12H2,1-6H3/t14-,15-,16-,19-/m0/s1. The van der Waals surface area contributed by atoms with Crippen molar-refractivity contribution in [2.75, 3.05) is 0 Å². The van der Waals surface area contributed by atoms with Gasteiger partial charge >= 0.3 is 0 Å². The summed E-state index contributed by atoms with van der Waals surface area (Å²) < 4.78 is 11.9. The number of ketones is 1. The zero-order chi connectivity index (χ0) is 17.8. The van der Waals surface area contributed by atoms with Crippen molar-refractivity contribution in [3.05, 3.63) is 30.3 Å². The molecule has 5 heteroatoms. The Morgan fingerprint density at radius 2 is 1.88 bits per heavy atom. The average molecular weight is 365 g/mol. The van der Waals surface area contributed by atoms with Crippen LogP contribution in [0.2, 0.25) is 18.1 Å². The smallest absolute Gasteiger partial charge is 0.192 e. The highest BCUT2D eigenvalue weighted by Gasteiger charge is 2.62. The molecule has 0 amide bonds. The summed E-state index contributed by atoms with van der Waals surface area (Å²) in [4.78, 5) is 13.9. The monoisotopic (exact) mass is 364 g/mol. The molecule has 1 aromatic rings. The minimum Gasteiger partial charge on any atom is -0.411 e. The van der Waals surface area contributed by atoms with Crippen molar-refractivity contribution < 1.29 is 14.0 Å². The lowest BCUT2D eigenvalue weighted by atomic mass is 9.86. The van der Waals surface area contributed by atoms with Gasteiger partial charge in [0.05, 0.1) is 10.9 Å². The van der Waals surface area contributed by atoms with E-state index in [2.05, 4.69) is 46.0 Å². The number of carbonyl (C=O) groups excluding carboxylic acids is 1. The van der Waals surface area contributed by atoms with Crippen molar-refractivity contribution in [3.63, 3.8) is 0 Å². The maximum Gasteiger partial charge on any atom is 0.192 e. The Morgan fingerprint density at radius 1 is 1.25 bits per heavy atom. The predicted molar refractivity (Wildman–Crippen MR) is 101 cm³/mol. The van der Waals surface area contributed by atoms with E-state index in [0.717, 1.165) is 11.3 Å². The van der Waals surface area contributed by atoms with Crippen molar-refractivity contribution in [1.29, 1.82) is 0 Å². The van der Waals surface area contributed by atoms with Gasteiger partial charge in [0.2, 0.25) is 0 Å². The second-order valence-corrected chi connectivity index (χ2v) is 15.0. The summed E-state index contributed by atoms with van der Waals surface area (Å²) in [5.74, 6) is 0.219. The van der Waals surface area contributed by atoms with Crippen LogP contribution >= 0.6 is 11.8 Å². The van der Waals surface area contributed by atoms with E-state index in [9.17, 15) is 4.79 Å². The minimum atomic E-state index is -1.88. The van der Waals surface area contributed by atoms with Crippen LogP contribution in [0, 0.1) is 0 Å². The first-order chi connectivity index (χ1) is 11.0. The molecule has 24 heavy (non-hydrogen) atoms. The van der Waals surface area contributed by atoms with Crippen molar-refractivity contribution in [2.45, 2.75) is 80.2 Å². The predicted octanol–water partition coefficient (Wildman–Crippen LogP) is 4.67. The van der Waals surface area contributed by atoms with Crippen LogP contribution < -0.4 is 0 Å². The van der Waals surface area contributed by atoms with E-state index in [0.29, 0.717) is 0 Å². The van der Waals surface area contributed by atoms with Crippen molar-refractivity contribution in [1.82, 2.24) is 0 Å². The summed E-state index contributed by atoms with van der Waals surface area (Å²) in [5, 5.41) is 0.155. The fourth-order valence-electron chi connectivity index (χ4n) is 3.02. The van der Waals surface area contributed by atoms with E-state index in [1.165, 1.54) is 0 Å². The quantitative estimate of drug-likeness (QED) is 0.575. The summed E-state index contributed by atoms with van der Waals surface area (Å²) in [6, 6.07) is 10.1. The summed E-state index contributed by atoms with van der Waals surface area (Å²) in [6.07, 6.45) is 0.444. The van der Waals surface area contributed by atoms with Gasteiger partial charge in [-0.1, -0.05) is 39.0 Å². The molecule has 4 atom stereocenters. The molecule has 0 radical (unpaired) electrons. The summed E-state index contributed by atoms with van der Waals surface area (Å²) in [5.41, 5.74) is 0. The number of thioether (sulfide) groups is 1. The number of epoxide rings is 1. The third-order valence-corrected chi connectivity index (χ3v) is 11.4. The third-order valence-electron chi connectivity index (χ3n) is 5.60. The van der Waals surface area contributed by atoms with Gasteiger partial charge in [-0.25, -0.2) is 0 Å². The molecule has 1 aliphatic heterocycles. The van der Waals surface area contributed by atoms with Gasteiger partial charge in [-0.15, -0.1) is 11.8 Å². The molecule has 1 saturated carbocycles. The van der Waals surface area contributed by atoms with Gasteiger partial charge in [-0.3, -0.25) is 4.79 Å². The molecule has 1 aromatic carbocycles. The Morgan fingerprint density at radius 3 is 2.46 bits per heavy atom. The molecule has 1 saturated heterocycles. The van der Waals surface area contributed by atoms with Gasteiger partial charge in [0.25, 0.3) is 0 Å². The number of Topliss-reactive ketones (excluding diaryl/α,β-unsaturated/α-hetero) is 1. The Balaban J connectivity index is 1.79. The van der Waals surface area contributed by atoms with Crippen LogP contribution in [-0.2, 0) is 14.0 Å². The Bertz CT molecular complexity index is 625. The maximum atomic E-state index is 12.8. The van der Waals surface area contributed by atoms with Crippen LogP contribution in [0.4, 0.5) is 0 Å². The van der Waals surface area contributed by atoms with Crippen molar-refractivity contribution in [3.8, 4) is 0 Å². The van der Waals surface area contributed by atoms with Gasteiger partial charge in [0.1, 0.15) is 12.2 Å². The molecule has 0 N–H and O–H groups in total. The SMILES string of the molecule is CC(C)(C)[Si](C)(C)O[C@H]1C[C@](C)(Sc2ccccc2)C(=O)[C@H]2O[C@@H]12. The number of ether oxygens (including phenoxy) is 1. The van der Waals surface area contributed by atoms with Crippen LogP contribution in [0.5, 0.6) is 0 Å². The molecule has 2 fully saturated rings. The molecule has 1 aliphatic carbocycles. The van der Waals surface area contributed by atoms with Crippen molar-refractivity contribution >= 4 is 25.9 Å². The Hall–Kier alpha value is -0.623. The number of benzene rings is 1. The normalized spacial score (nSPS) is 33.2. The number of carbonyl (C=O) groups is 1. The van der Waals surface area contributed by atoms with Crippen LogP contribution in [0.15, 0.2) is 35.2 Å². The maximum absolute atomic E-state index is 12.8. The Labute approximate surface area is 150 Å². The van der Waals surface area contributed by atoms with Gasteiger partial charge in [-0.2, -0.15) is 0 Å². The van der Waals surface area contributed by atoms with Crippen LogP contribution in [-0.4, -0.2) is 37.2 Å². The first-order valence-corrected chi connectivity index (χ1v) is 12.4. The van der Waals surface area contributed by atoms with E-state index in [1.54, 1.807) is 11.8 Å². The number of rotatable bonds is 4. The third kappa shape index (κ3) is 3.36. The minimum absolute atomic E-state index is 0.0230. The summed E-state index contributed by atoms with van der Waals surface area (Å²) >= 11 is 1.65. The zero-order valence-electron chi connectivity index (χ0n) is 15.5. The van der Waals surface area contributed by atoms with Gasteiger partial charge in [0.15, 0.2) is 14.1 Å². The van der Waals surface area contributed by atoms with Crippen LogP contribution in [0.1, 0.15) is 34.1 Å². The van der Waals surface area contributed by atoms with Crippen LogP contribution in [0.25, 0.3) is 0 Å². The van der Waals surface area contributed by atoms with E-state index in [-0.39, 0.29) is 29.1 Å². The van der Waals surface area contributed by atoms with Gasteiger partial charge in [0, 0.05) is 4.90 Å². The highest BCUT2D eigenvalue weighted by molar-refractivity contribution is 8.01. The molecular weight excluding hydrogens is 336 g/mol. The van der Waals surface area contributed by atoms with Gasteiger partial charge in [-0.05, 0) is 43.6 Å². The lowest BCUT2D eigenvalue weighted by Gasteiger charge is -2.42. The molecule has 0 aromatic heterocycles. The molecule has 0 bridgehead atoms. The lowest BCUT2D eigenvalue weighted by Crippen LogP contribution is -2.52. The first kappa shape index (κ1) is 18.2. The highest BCUT2D eigenvalue weighted by atomic mass is 32.2. The number of hydrogen-bond acceptors (Lipinski definition) is 4. The molecule has 0 spiro atoms. The highest BCUT2D eigenvalue weighted by Crippen LogP contribution is 2.50.